The van der Waals surface area contributed by atoms with Crippen molar-refractivity contribution in [1.82, 2.24) is 14.9 Å². The number of hydrogen-bond donors (Lipinski definition) is 1. The fourth-order valence-corrected chi connectivity index (χ4v) is 4.52. The highest BCUT2D eigenvalue weighted by molar-refractivity contribution is 7.99. The predicted octanol–water partition coefficient (Wildman–Crippen LogP) is 2.35. The number of β-amino-alcohol motifs (C(OH)–C–C–N with tert-alkyl or cyclic N) is 1. The lowest BCUT2D eigenvalue weighted by Crippen LogP contribution is -2.41. The van der Waals surface area contributed by atoms with Gasteiger partial charge in [0.1, 0.15) is 0 Å². The summed E-state index contributed by atoms with van der Waals surface area (Å²) in [4.78, 5) is 11.4. The van der Waals surface area contributed by atoms with Crippen LogP contribution in [0, 0.1) is 5.92 Å². The third-order valence-electron chi connectivity index (χ3n) is 6.18. The summed E-state index contributed by atoms with van der Waals surface area (Å²) in [5.74, 6) is 1.79. The molecule has 0 aliphatic carbocycles. The number of aliphatic hydroxyl groups is 1. The molecule has 0 spiro atoms. The van der Waals surface area contributed by atoms with E-state index in [2.05, 4.69) is 14.9 Å². The van der Waals surface area contributed by atoms with E-state index in [-0.39, 0.29) is 17.8 Å². The van der Waals surface area contributed by atoms with Crippen molar-refractivity contribution in [3.63, 3.8) is 0 Å². The second-order valence-corrected chi connectivity index (χ2v) is 9.97. The van der Waals surface area contributed by atoms with Crippen molar-refractivity contribution in [3.05, 3.63) is 12.4 Å². The van der Waals surface area contributed by atoms with Gasteiger partial charge >= 0.3 is 7.12 Å². The van der Waals surface area contributed by atoms with Crippen molar-refractivity contribution in [1.29, 1.82) is 0 Å². The number of rotatable bonds is 8. The maximum Gasteiger partial charge on any atom is 0.498 e. The van der Waals surface area contributed by atoms with Crippen LogP contribution in [0.5, 0.6) is 0 Å². The highest BCUT2D eigenvalue weighted by Crippen LogP contribution is 2.36. The van der Waals surface area contributed by atoms with Crippen molar-refractivity contribution >= 4 is 24.3 Å². The lowest BCUT2D eigenvalue weighted by molar-refractivity contribution is 0.00578. The summed E-state index contributed by atoms with van der Waals surface area (Å²) in [7, 11) is -0.405. The van der Waals surface area contributed by atoms with Gasteiger partial charge in [0.25, 0.3) is 0 Å². The number of aliphatic hydroxyl groups excluding tert-OH is 1. The van der Waals surface area contributed by atoms with Crippen LogP contribution in [0.15, 0.2) is 17.6 Å². The summed E-state index contributed by atoms with van der Waals surface area (Å²) in [5.41, 5.74) is 0.169. The third kappa shape index (κ3) is 5.48. The Morgan fingerprint density at radius 1 is 1.21 bits per heavy atom. The lowest BCUT2D eigenvalue weighted by atomic mass is 9.81. The number of likely N-dealkylation sites (tertiary alicyclic amines) is 1. The maximum absolute atomic E-state index is 9.11. The second-order valence-electron chi connectivity index (χ2n) is 8.91. The molecule has 156 valence electrons. The van der Waals surface area contributed by atoms with Crippen LogP contribution in [0.25, 0.3) is 0 Å². The first kappa shape index (κ1) is 22.0. The summed E-state index contributed by atoms with van der Waals surface area (Å²) in [6.45, 7) is 11.5. The molecule has 1 aromatic heterocycles. The van der Waals surface area contributed by atoms with Crippen LogP contribution in [-0.2, 0) is 9.31 Å². The van der Waals surface area contributed by atoms with E-state index in [0.29, 0.717) is 0 Å². The number of thioether (sulfide) groups is 1. The SMILES string of the molecule is CC1(C)OB(c2cnc(SCCC[C@@H]3CCCN(CCO)C3)nc2)OC1(C)C. The molecule has 0 saturated carbocycles. The zero-order valence-electron chi connectivity index (χ0n) is 17.7. The minimum Gasteiger partial charge on any atom is -0.399 e. The molecule has 0 bridgehead atoms. The summed E-state index contributed by atoms with van der Waals surface area (Å²) in [5, 5.41) is 9.92. The molecule has 2 aliphatic rings. The smallest absolute Gasteiger partial charge is 0.399 e. The molecule has 0 unspecified atom stereocenters. The first-order valence-corrected chi connectivity index (χ1v) is 11.4. The Balaban J connectivity index is 1.41. The Bertz CT molecular complexity index is 612. The third-order valence-corrected chi connectivity index (χ3v) is 7.14. The van der Waals surface area contributed by atoms with E-state index in [1.54, 1.807) is 11.8 Å². The maximum atomic E-state index is 9.11. The predicted molar refractivity (Wildman–Crippen MR) is 114 cm³/mol. The van der Waals surface area contributed by atoms with Crippen LogP contribution >= 0.6 is 11.8 Å². The molecule has 0 radical (unpaired) electrons. The molecule has 0 amide bonds. The van der Waals surface area contributed by atoms with E-state index >= 15 is 0 Å². The number of aromatic nitrogens is 2. The highest BCUT2D eigenvalue weighted by atomic mass is 32.2. The zero-order valence-corrected chi connectivity index (χ0v) is 18.5. The minimum atomic E-state index is -0.405. The first-order valence-electron chi connectivity index (χ1n) is 10.4. The molecule has 1 atom stereocenters. The molecular weight excluding hydrogens is 373 g/mol. The number of nitrogens with zero attached hydrogens (tertiary/aromatic N) is 3. The standard InChI is InChI=1S/C20H34BN3O3S/c1-19(2)20(3,4)27-21(26-19)17-13-22-18(23-14-17)28-12-6-8-16-7-5-9-24(15-16)10-11-25/h13-14,16,25H,5-12,15H2,1-4H3/t16-/m0/s1. The van der Waals surface area contributed by atoms with Gasteiger partial charge in [-0.25, -0.2) is 9.97 Å². The first-order chi connectivity index (χ1) is 13.3. The van der Waals surface area contributed by atoms with E-state index in [0.717, 1.165) is 41.9 Å². The van der Waals surface area contributed by atoms with Gasteiger partial charge in [-0.15, -0.1) is 0 Å². The largest absolute Gasteiger partial charge is 0.498 e. The van der Waals surface area contributed by atoms with Crippen LogP contribution < -0.4 is 5.46 Å². The molecule has 2 saturated heterocycles. The van der Waals surface area contributed by atoms with Gasteiger partial charge in [-0.3, -0.25) is 0 Å². The zero-order chi connectivity index (χ0) is 20.2. The molecule has 28 heavy (non-hydrogen) atoms. The van der Waals surface area contributed by atoms with E-state index in [1.807, 2.05) is 40.1 Å². The topological polar surface area (TPSA) is 67.7 Å². The Morgan fingerprint density at radius 3 is 2.54 bits per heavy atom. The molecule has 8 heteroatoms. The van der Waals surface area contributed by atoms with E-state index in [1.165, 1.54) is 25.7 Å². The van der Waals surface area contributed by atoms with E-state index in [4.69, 9.17) is 14.4 Å². The normalized spacial score (nSPS) is 24.6. The van der Waals surface area contributed by atoms with E-state index < -0.39 is 7.12 Å². The van der Waals surface area contributed by atoms with Crippen LogP contribution in [-0.4, -0.2) is 70.3 Å². The minimum absolute atomic E-state index is 0.266. The van der Waals surface area contributed by atoms with Gasteiger partial charge < -0.3 is 19.3 Å². The fourth-order valence-electron chi connectivity index (χ4n) is 3.77. The summed E-state index contributed by atoms with van der Waals surface area (Å²) < 4.78 is 12.1. The Hall–Kier alpha value is -0.665. The van der Waals surface area contributed by atoms with E-state index in [9.17, 15) is 0 Å². The van der Waals surface area contributed by atoms with Crippen molar-refractivity contribution in [2.75, 3.05) is 32.0 Å². The molecule has 1 N–H and O–H groups in total. The Morgan fingerprint density at radius 2 is 1.89 bits per heavy atom. The number of piperidine rings is 1. The average Bonchev–Trinajstić information content (AvgIpc) is 2.87. The Kier molecular flexibility index (Phi) is 7.42. The van der Waals surface area contributed by atoms with Crippen molar-refractivity contribution in [2.45, 2.75) is 69.7 Å². The van der Waals surface area contributed by atoms with Crippen molar-refractivity contribution in [2.24, 2.45) is 5.92 Å². The van der Waals surface area contributed by atoms with Gasteiger partial charge in [-0.2, -0.15) is 0 Å². The Labute approximate surface area is 173 Å². The van der Waals surface area contributed by atoms with Gasteiger partial charge in [-0.05, 0) is 65.8 Å². The average molecular weight is 407 g/mol. The van der Waals surface area contributed by atoms with Crippen LogP contribution in [0.3, 0.4) is 0 Å². The quantitative estimate of drug-likeness (QED) is 0.307. The fraction of sp³-hybridized carbons (Fsp3) is 0.800. The van der Waals surface area contributed by atoms with Gasteiger partial charge in [0.2, 0.25) is 0 Å². The summed E-state index contributed by atoms with van der Waals surface area (Å²) in [6, 6.07) is 0. The molecule has 2 aliphatic heterocycles. The number of hydrogen-bond acceptors (Lipinski definition) is 7. The molecule has 1 aromatic rings. The second kappa shape index (κ2) is 9.43. The molecular formula is C20H34BN3O3S. The van der Waals surface area contributed by atoms with Gasteiger partial charge in [0, 0.05) is 36.7 Å². The molecule has 3 rings (SSSR count). The van der Waals surface area contributed by atoms with Crippen LogP contribution in [0.1, 0.15) is 53.4 Å². The lowest BCUT2D eigenvalue weighted by Gasteiger charge is -2.32. The van der Waals surface area contributed by atoms with Crippen LogP contribution in [0.4, 0.5) is 0 Å². The highest BCUT2D eigenvalue weighted by Gasteiger charge is 2.51. The molecule has 0 aromatic carbocycles. The van der Waals surface area contributed by atoms with Crippen molar-refractivity contribution in [3.8, 4) is 0 Å². The molecule has 2 fully saturated rings. The van der Waals surface area contributed by atoms with Gasteiger partial charge in [0.15, 0.2) is 5.16 Å². The van der Waals surface area contributed by atoms with Crippen LogP contribution in [0.2, 0.25) is 0 Å². The molecule has 3 heterocycles. The van der Waals surface area contributed by atoms with Gasteiger partial charge in [0.05, 0.1) is 17.8 Å². The van der Waals surface area contributed by atoms with Gasteiger partial charge in [-0.1, -0.05) is 11.8 Å². The summed E-state index contributed by atoms with van der Waals surface area (Å²) in [6.07, 6.45) is 8.62. The van der Waals surface area contributed by atoms with Crippen molar-refractivity contribution < 1.29 is 14.4 Å². The summed E-state index contributed by atoms with van der Waals surface area (Å²) >= 11 is 1.71. The molecule has 6 nitrogen and oxygen atoms in total. The monoisotopic (exact) mass is 407 g/mol.